The van der Waals surface area contributed by atoms with Crippen molar-refractivity contribution in [1.29, 1.82) is 0 Å². The second-order valence-corrected chi connectivity index (χ2v) is 12.7. The number of ether oxygens (including phenoxy) is 1. The molecule has 6 rings (SSSR count). The highest BCUT2D eigenvalue weighted by atomic mass is 16.5. The Hall–Kier alpha value is -3.63. The van der Waals surface area contributed by atoms with Gasteiger partial charge in [0.2, 0.25) is 5.91 Å². The molecule has 1 saturated heterocycles. The zero-order chi connectivity index (χ0) is 30.7. The van der Waals surface area contributed by atoms with Gasteiger partial charge in [0.1, 0.15) is 23.4 Å². The van der Waals surface area contributed by atoms with Gasteiger partial charge in [0, 0.05) is 37.3 Å². The molecule has 4 atom stereocenters. The summed E-state index contributed by atoms with van der Waals surface area (Å²) >= 11 is 0. The van der Waals surface area contributed by atoms with E-state index < -0.39 is 0 Å². The summed E-state index contributed by atoms with van der Waals surface area (Å²) in [7, 11) is 1.69. The number of hydrogen-bond donors (Lipinski definition) is 1. The number of likely N-dealkylation sites (tertiary alicyclic amines) is 1. The van der Waals surface area contributed by atoms with Gasteiger partial charge in [-0.2, -0.15) is 0 Å². The molecular weight excluding hydrogens is 558 g/mol. The number of unbranched alkanes of at least 4 members (excludes halogenated alkanes) is 2. The summed E-state index contributed by atoms with van der Waals surface area (Å²) in [5.41, 5.74) is 2.19. The highest BCUT2D eigenvalue weighted by Crippen LogP contribution is 2.59. The smallest absolute Gasteiger partial charge is 0.224 e. The maximum Gasteiger partial charge on any atom is 0.224 e. The van der Waals surface area contributed by atoms with Gasteiger partial charge in [-0.25, -0.2) is 0 Å². The Kier molecular flexibility index (Phi) is 9.09. The number of nitrogens with zero attached hydrogens (tertiary/aromatic N) is 4. The van der Waals surface area contributed by atoms with E-state index in [2.05, 4.69) is 44.6 Å². The van der Waals surface area contributed by atoms with Crippen LogP contribution < -0.4 is 15.9 Å². The lowest BCUT2D eigenvalue weighted by Crippen LogP contribution is -2.37. The third kappa shape index (κ3) is 6.56. The SMILES string of the molecule is CCN1CCC2(CC1)C[C@@H]2C(=O)N[C@@H](CCCCCC(=O)c1ccon1)c1cc(C2C=c3ccc(C)nc3=CC2OC)on1. The van der Waals surface area contributed by atoms with Crippen molar-refractivity contribution in [2.24, 2.45) is 11.3 Å². The number of ketones is 1. The Morgan fingerprint density at radius 1 is 1.14 bits per heavy atom. The van der Waals surface area contributed by atoms with Gasteiger partial charge in [0.25, 0.3) is 0 Å². The molecule has 10 nitrogen and oxygen atoms in total. The van der Waals surface area contributed by atoms with Crippen LogP contribution in [0.1, 0.15) is 97.9 Å². The third-order valence-corrected chi connectivity index (χ3v) is 9.88. The van der Waals surface area contributed by atoms with E-state index >= 15 is 0 Å². The number of aryl methyl sites for hydroxylation is 1. The summed E-state index contributed by atoms with van der Waals surface area (Å²) in [4.78, 5) is 33.0. The fourth-order valence-electron chi connectivity index (χ4n) is 6.94. The topological polar surface area (TPSA) is 124 Å². The average molecular weight is 602 g/mol. The van der Waals surface area contributed by atoms with Gasteiger partial charge in [-0.15, -0.1) is 0 Å². The lowest BCUT2D eigenvalue weighted by atomic mass is 9.90. The van der Waals surface area contributed by atoms with E-state index in [0.29, 0.717) is 24.3 Å². The monoisotopic (exact) mass is 601 g/mol. The summed E-state index contributed by atoms with van der Waals surface area (Å²) in [6, 6.07) is 7.36. The van der Waals surface area contributed by atoms with Crippen LogP contribution in [-0.4, -0.2) is 64.7 Å². The Balaban J connectivity index is 1.14. The van der Waals surface area contributed by atoms with Crippen LogP contribution in [-0.2, 0) is 9.53 Å². The van der Waals surface area contributed by atoms with Gasteiger partial charge in [0.05, 0.1) is 23.4 Å². The second kappa shape index (κ2) is 13.2. The van der Waals surface area contributed by atoms with Crippen molar-refractivity contribution < 1.29 is 23.4 Å². The lowest BCUT2D eigenvalue weighted by Gasteiger charge is -2.32. The first kappa shape index (κ1) is 30.4. The largest absolute Gasteiger partial charge is 0.376 e. The molecule has 4 heterocycles. The third-order valence-electron chi connectivity index (χ3n) is 9.88. The number of nitrogens with one attached hydrogen (secondary N) is 1. The summed E-state index contributed by atoms with van der Waals surface area (Å²) in [6.45, 7) is 7.37. The summed E-state index contributed by atoms with van der Waals surface area (Å²) in [6.07, 6.45) is 12.0. The minimum Gasteiger partial charge on any atom is -0.376 e. The molecule has 1 N–H and O–H groups in total. The molecule has 44 heavy (non-hydrogen) atoms. The first-order valence-corrected chi connectivity index (χ1v) is 16.0. The first-order valence-electron chi connectivity index (χ1n) is 16.0. The van der Waals surface area contributed by atoms with Crippen LogP contribution in [0.25, 0.3) is 12.2 Å². The van der Waals surface area contributed by atoms with E-state index in [4.69, 9.17) is 13.8 Å². The first-order chi connectivity index (χ1) is 21.4. The highest BCUT2D eigenvalue weighted by molar-refractivity contribution is 5.93. The van der Waals surface area contributed by atoms with Gasteiger partial charge in [-0.3, -0.25) is 14.6 Å². The number of amides is 1. The van der Waals surface area contributed by atoms with Gasteiger partial charge in [0.15, 0.2) is 5.78 Å². The molecular formula is C34H43N5O5. The number of aromatic nitrogens is 3. The fraction of sp³-hybridized carbons (Fsp3) is 0.559. The van der Waals surface area contributed by atoms with Crippen LogP contribution in [0.5, 0.6) is 0 Å². The van der Waals surface area contributed by atoms with Gasteiger partial charge >= 0.3 is 0 Å². The number of fused-ring (bicyclic) bond motifs is 1. The number of piperidine rings is 1. The van der Waals surface area contributed by atoms with E-state index in [1.165, 1.54) is 6.26 Å². The fourth-order valence-corrected chi connectivity index (χ4v) is 6.94. The molecule has 3 aromatic heterocycles. The van der Waals surface area contributed by atoms with Gasteiger partial charge < -0.3 is 24.0 Å². The molecule has 2 unspecified atom stereocenters. The molecule has 0 bridgehead atoms. The number of carbonyl (C=O) groups excluding carboxylic acids is 2. The van der Waals surface area contributed by atoms with E-state index in [-0.39, 0.29) is 41.1 Å². The molecule has 0 aromatic carbocycles. The summed E-state index contributed by atoms with van der Waals surface area (Å²) < 4.78 is 16.5. The van der Waals surface area contributed by atoms with E-state index in [1.807, 2.05) is 25.1 Å². The van der Waals surface area contributed by atoms with E-state index in [9.17, 15) is 9.59 Å². The molecule has 1 aliphatic heterocycles. The van der Waals surface area contributed by atoms with Crippen molar-refractivity contribution >= 4 is 23.8 Å². The standard InChI is InChI=1S/C34H43N5O5/c1-4-39-15-13-34(14-16-39)21-25(34)33(41)36-26(8-6-5-7-9-30(40)27-12-17-43-37-27)29-20-32(44-38-29)24-18-23-11-10-22(2)35-28(23)19-31(24)42-3/h10-12,17-20,24-26,31H,4-9,13-16,21H2,1-3H3,(H,36,41)/t24?,25-,26+,31?/m1/s1. The normalized spacial score (nSPS) is 22.9. The van der Waals surface area contributed by atoms with Crippen molar-refractivity contribution in [2.45, 2.75) is 83.3 Å². The molecule has 0 radical (unpaired) electrons. The second-order valence-electron chi connectivity index (χ2n) is 12.7. The molecule has 1 saturated carbocycles. The molecule has 2 aliphatic carbocycles. The van der Waals surface area contributed by atoms with Crippen molar-refractivity contribution in [1.82, 2.24) is 25.5 Å². The van der Waals surface area contributed by atoms with Crippen LogP contribution in [0.3, 0.4) is 0 Å². The minimum absolute atomic E-state index is 0.0157. The van der Waals surface area contributed by atoms with Crippen LogP contribution in [0, 0.1) is 18.3 Å². The molecule has 10 heteroatoms. The maximum absolute atomic E-state index is 13.6. The molecule has 234 valence electrons. The van der Waals surface area contributed by atoms with Crippen LogP contribution >= 0.6 is 0 Å². The Morgan fingerprint density at radius 2 is 1.98 bits per heavy atom. The van der Waals surface area contributed by atoms with Gasteiger partial charge in [-0.1, -0.05) is 42.2 Å². The van der Waals surface area contributed by atoms with E-state index in [0.717, 1.165) is 80.1 Å². The number of methoxy groups -OCH3 is 1. The Bertz CT molecular complexity index is 1570. The van der Waals surface area contributed by atoms with Crippen molar-refractivity contribution in [3.8, 4) is 0 Å². The quantitative estimate of drug-likeness (QED) is 0.230. The number of pyridine rings is 1. The zero-order valence-corrected chi connectivity index (χ0v) is 26.0. The van der Waals surface area contributed by atoms with Crippen molar-refractivity contribution in [3.63, 3.8) is 0 Å². The van der Waals surface area contributed by atoms with Crippen molar-refractivity contribution in [3.05, 3.63) is 63.9 Å². The average Bonchev–Trinajstić information content (AvgIpc) is 3.40. The Morgan fingerprint density at radius 3 is 2.73 bits per heavy atom. The minimum atomic E-state index is -0.273. The lowest BCUT2D eigenvalue weighted by molar-refractivity contribution is -0.124. The number of carbonyl (C=O) groups is 2. The number of rotatable bonds is 13. The molecule has 3 aliphatic rings. The number of hydrogen-bond acceptors (Lipinski definition) is 9. The van der Waals surface area contributed by atoms with Gasteiger partial charge in [-0.05, 0) is 81.4 Å². The predicted octanol–water partition coefficient (Wildman–Crippen LogP) is 3.85. The molecule has 3 aromatic rings. The summed E-state index contributed by atoms with van der Waals surface area (Å²) in [5.74, 6) is 0.697. The molecule has 1 amide bonds. The maximum atomic E-state index is 13.6. The van der Waals surface area contributed by atoms with E-state index in [1.54, 1.807) is 13.2 Å². The summed E-state index contributed by atoms with van der Waals surface area (Å²) in [5, 5.41) is 13.5. The number of Topliss-reactive ketones (excluding diaryl/α,β-unsaturated/α-hetero) is 1. The van der Waals surface area contributed by atoms with Crippen LogP contribution in [0.4, 0.5) is 0 Å². The Labute approximate surface area is 257 Å². The van der Waals surface area contributed by atoms with Crippen molar-refractivity contribution in [2.75, 3.05) is 26.7 Å². The molecule has 1 spiro atoms. The molecule has 2 fully saturated rings. The van der Waals surface area contributed by atoms with Crippen LogP contribution in [0.15, 0.2) is 39.6 Å². The predicted molar refractivity (Wildman–Crippen MR) is 164 cm³/mol. The van der Waals surface area contributed by atoms with Crippen LogP contribution in [0.2, 0.25) is 0 Å². The highest BCUT2D eigenvalue weighted by Gasteiger charge is 2.58. The zero-order valence-electron chi connectivity index (χ0n) is 26.0.